The van der Waals surface area contributed by atoms with Crippen molar-refractivity contribution in [2.45, 2.75) is 66.2 Å². The van der Waals surface area contributed by atoms with E-state index in [9.17, 15) is 0 Å². The monoisotopic (exact) mass is 1180 g/mol. The summed E-state index contributed by atoms with van der Waals surface area (Å²) in [5.41, 5.74) is 30.9. The molecule has 0 saturated heterocycles. The molecule has 0 unspecified atom stereocenters. The van der Waals surface area contributed by atoms with Crippen LogP contribution in [0.1, 0.15) is 63.8 Å². The van der Waals surface area contributed by atoms with Crippen molar-refractivity contribution in [1.29, 1.82) is 0 Å². The summed E-state index contributed by atoms with van der Waals surface area (Å²) in [5.74, 6) is 0. The average molecular weight is 1180 g/mol. The average Bonchev–Trinajstić information content (AvgIpc) is 0.670. The highest BCUT2D eigenvalue weighted by Gasteiger charge is 2.39. The van der Waals surface area contributed by atoms with Crippen LogP contribution < -0.4 is 9.80 Å². The predicted molar refractivity (Wildman–Crippen MR) is 395 cm³/mol. The first kappa shape index (κ1) is 57.6. The maximum atomic E-state index is 2.54. The number of hydrogen-bond donors (Lipinski definition) is 0. The van der Waals surface area contributed by atoms with Crippen LogP contribution in [0.3, 0.4) is 0 Å². The summed E-state index contributed by atoms with van der Waals surface area (Å²) in [7, 11) is 0. The van der Waals surface area contributed by atoms with E-state index >= 15 is 0 Å². The number of benzene rings is 14. The number of nitrogens with zero attached hydrogens (tertiary/aromatic N) is 2. The number of aryl methyl sites for hydroxylation is 2. The smallest absolute Gasteiger partial charge is 0.0540 e. The summed E-state index contributed by atoms with van der Waals surface area (Å²) in [4.78, 5) is 5.07. The van der Waals surface area contributed by atoms with Crippen LogP contribution in [0.4, 0.5) is 34.1 Å². The molecule has 15 rings (SSSR count). The second-order valence-electron chi connectivity index (χ2n) is 26.9. The topological polar surface area (TPSA) is 6.48 Å². The zero-order valence-corrected chi connectivity index (χ0v) is 53.8. The van der Waals surface area contributed by atoms with Gasteiger partial charge in [0.05, 0.1) is 11.4 Å². The molecule has 444 valence electrons. The highest BCUT2D eigenvalue weighted by atomic mass is 15.2. The number of para-hydroxylation sites is 2. The fourth-order valence-corrected chi connectivity index (χ4v) is 14.3. The lowest BCUT2D eigenvalue weighted by atomic mass is 9.65. The molecule has 0 saturated carbocycles. The third-order valence-electron chi connectivity index (χ3n) is 18.9. The van der Waals surface area contributed by atoms with Crippen molar-refractivity contribution in [3.05, 3.63) is 326 Å². The predicted octanol–water partition coefficient (Wildman–Crippen LogP) is 25.8. The Bertz CT molecular complexity index is 4770. The van der Waals surface area contributed by atoms with Crippen molar-refractivity contribution in [3.63, 3.8) is 0 Å². The zero-order valence-electron chi connectivity index (χ0n) is 53.8. The van der Waals surface area contributed by atoms with Gasteiger partial charge in [-0.25, -0.2) is 0 Å². The summed E-state index contributed by atoms with van der Waals surface area (Å²) in [6.07, 6.45) is 0. The van der Waals surface area contributed by atoms with E-state index in [2.05, 4.69) is 369 Å². The van der Waals surface area contributed by atoms with Crippen LogP contribution in [0.2, 0.25) is 0 Å². The van der Waals surface area contributed by atoms with Gasteiger partial charge in [0.2, 0.25) is 0 Å². The number of anilines is 6. The Balaban J connectivity index is 1.09. The minimum atomic E-state index is -0.0849. The van der Waals surface area contributed by atoms with Crippen molar-refractivity contribution < 1.29 is 0 Å². The van der Waals surface area contributed by atoms with Gasteiger partial charge in [0.1, 0.15) is 0 Å². The quantitative estimate of drug-likeness (QED) is 0.120. The molecule has 0 heterocycles. The lowest BCUT2D eigenvalue weighted by Gasteiger charge is -2.38. The third kappa shape index (κ3) is 10.1. The molecule has 2 heteroatoms. The molecule has 2 nitrogen and oxygen atoms in total. The van der Waals surface area contributed by atoms with Crippen molar-refractivity contribution in [2.24, 2.45) is 0 Å². The molecular weight excluding hydrogens is 1110 g/mol. The maximum absolute atomic E-state index is 2.54. The second kappa shape index (κ2) is 23.2. The minimum absolute atomic E-state index is 0.0849. The summed E-state index contributed by atoms with van der Waals surface area (Å²) >= 11 is 0. The van der Waals surface area contributed by atoms with Crippen LogP contribution in [0, 0.1) is 13.8 Å². The van der Waals surface area contributed by atoms with E-state index in [1.54, 1.807) is 0 Å². The number of fused-ring (bicyclic) bond motifs is 6. The summed E-state index contributed by atoms with van der Waals surface area (Å²) in [6, 6.07) is 113. The van der Waals surface area contributed by atoms with Crippen LogP contribution in [0.15, 0.2) is 303 Å². The van der Waals surface area contributed by atoms with Crippen LogP contribution in [0.5, 0.6) is 0 Å². The van der Waals surface area contributed by atoms with Gasteiger partial charge >= 0.3 is 0 Å². The Morgan fingerprint density at radius 1 is 0.217 bits per heavy atom. The molecule has 0 atom stereocenters. The van der Waals surface area contributed by atoms with Gasteiger partial charge in [-0.05, 0) is 195 Å². The Labute approximate surface area is 543 Å². The minimum Gasteiger partial charge on any atom is -0.310 e. The molecule has 14 aromatic rings. The molecule has 0 aromatic heterocycles. The first-order chi connectivity index (χ1) is 44.8. The second-order valence-corrected chi connectivity index (χ2v) is 26.9. The first-order valence-electron chi connectivity index (χ1n) is 32.4. The fourth-order valence-electron chi connectivity index (χ4n) is 14.3. The van der Waals surface area contributed by atoms with Gasteiger partial charge in [0.25, 0.3) is 0 Å². The standard InChI is InChI=1S/C90H74N2/c1-59-47-49-67(89(3,4)5)55-79(59)91(77-45-29-27-43-71(77)61-31-15-9-16-32-61)69-51-53-73-75(57-69)83(65-39-23-13-24-40-65)87-85(81(73)63-35-19-11-20-36-63)86-82(64-37-21-12-22-38-64)74-54-52-70(58-76(74)84(88(86)87)66-41-25-14-26-42-66)92(80-56-68(90(6,7)8)50-48-60(80)2)78-46-30-28-44-72(78)62-33-17-10-18-34-62/h9-58H,1-8H3. The lowest BCUT2D eigenvalue weighted by Crippen LogP contribution is -2.16. The van der Waals surface area contributed by atoms with Crippen LogP contribution in [-0.2, 0) is 10.8 Å². The van der Waals surface area contributed by atoms with E-state index in [-0.39, 0.29) is 10.8 Å². The Morgan fingerprint density at radius 3 is 0.793 bits per heavy atom. The van der Waals surface area contributed by atoms with E-state index in [1.807, 2.05) is 0 Å². The molecule has 1 aliphatic carbocycles. The van der Waals surface area contributed by atoms with Gasteiger partial charge in [-0.1, -0.05) is 296 Å². The molecule has 92 heavy (non-hydrogen) atoms. The Hall–Kier alpha value is -10.8. The maximum Gasteiger partial charge on any atom is 0.0540 e. The summed E-state index contributed by atoms with van der Waals surface area (Å²) < 4.78 is 0. The molecule has 0 N–H and O–H groups in total. The van der Waals surface area contributed by atoms with Gasteiger partial charge in [-0.2, -0.15) is 0 Å². The number of hydrogen-bond acceptors (Lipinski definition) is 2. The van der Waals surface area contributed by atoms with E-state index < -0.39 is 0 Å². The fraction of sp³-hybridized carbons (Fsp3) is 0.111. The highest BCUT2D eigenvalue weighted by molar-refractivity contribution is 6.33. The summed E-state index contributed by atoms with van der Waals surface area (Å²) in [5, 5.41) is 4.79. The Morgan fingerprint density at radius 2 is 0.489 bits per heavy atom. The van der Waals surface area contributed by atoms with Crippen molar-refractivity contribution in [2.75, 3.05) is 9.80 Å². The largest absolute Gasteiger partial charge is 0.310 e. The van der Waals surface area contributed by atoms with Gasteiger partial charge in [0.15, 0.2) is 0 Å². The highest BCUT2D eigenvalue weighted by Crippen LogP contribution is 2.66. The number of rotatable bonds is 12. The van der Waals surface area contributed by atoms with Crippen molar-refractivity contribution >= 4 is 55.7 Å². The molecule has 0 spiro atoms. The molecule has 1 aliphatic rings. The summed E-state index contributed by atoms with van der Waals surface area (Å²) in [6.45, 7) is 18.4. The molecule has 0 radical (unpaired) electrons. The zero-order chi connectivity index (χ0) is 62.8. The van der Waals surface area contributed by atoms with Crippen LogP contribution in [-0.4, -0.2) is 0 Å². The molecule has 0 bridgehead atoms. The van der Waals surface area contributed by atoms with Gasteiger partial charge in [-0.3, -0.25) is 0 Å². The van der Waals surface area contributed by atoms with Gasteiger partial charge in [0, 0.05) is 33.9 Å². The van der Waals surface area contributed by atoms with Crippen LogP contribution >= 0.6 is 0 Å². The molecule has 0 fully saturated rings. The SMILES string of the molecule is Cc1ccc(C(C)(C)C)cc1N(c1ccc2c(-c3ccccc3)c3c(c(-c4ccccc4)c2c1)-c1c-3c(-c2ccccc2)c2ccc(N(c3cc(C(C)(C)C)ccc3C)c3ccccc3-c3ccccc3)cc2c1-c1ccccc1)c1ccccc1-c1ccccc1. The van der Waals surface area contributed by atoms with Crippen molar-refractivity contribution in [3.8, 4) is 89.0 Å². The first-order valence-corrected chi connectivity index (χ1v) is 32.4. The lowest BCUT2D eigenvalue weighted by molar-refractivity contribution is 0.590. The molecule has 0 aliphatic heterocycles. The van der Waals surface area contributed by atoms with E-state index in [4.69, 9.17) is 0 Å². The van der Waals surface area contributed by atoms with E-state index in [0.717, 1.165) is 34.1 Å². The van der Waals surface area contributed by atoms with E-state index in [1.165, 1.54) is 133 Å². The van der Waals surface area contributed by atoms with Gasteiger partial charge < -0.3 is 9.80 Å². The van der Waals surface area contributed by atoms with E-state index in [0.29, 0.717) is 0 Å². The molecule has 14 aromatic carbocycles. The van der Waals surface area contributed by atoms with Crippen molar-refractivity contribution in [1.82, 2.24) is 0 Å². The normalized spacial score (nSPS) is 11.9. The third-order valence-corrected chi connectivity index (χ3v) is 18.9. The van der Waals surface area contributed by atoms with Crippen LogP contribution in [0.25, 0.3) is 111 Å². The molecule has 0 amide bonds. The molecular formula is C90H74N2. The van der Waals surface area contributed by atoms with Gasteiger partial charge in [-0.15, -0.1) is 0 Å². The Kier molecular flexibility index (Phi) is 14.5.